The van der Waals surface area contributed by atoms with Crippen LogP contribution in [0.25, 0.3) is 0 Å². The van der Waals surface area contributed by atoms with E-state index in [9.17, 15) is 0 Å². The minimum Gasteiger partial charge on any atom is -0.363 e. The zero-order valence-corrected chi connectivity index (χ0v) is 12.8. The molecule has 1 nitrogen and oxygen atoms in total. The molecule has 1 unspecified atom stereocenters. The number of hydrogen-bond donors (Lipinski definition) is 0. The zero-order chi connectivity index (χ0) is 12.5. The maximum atomic E-state index is 3.54. The average molecular weight is 322 g/mol. The summed E-state index contributed by atoms with van der Waals surface area (Å²) >= 11 is 5.38. The van der Waals surface area contributed by atoms with E-state index < -0.39 is 0 Å². The van der Waals surface area contributed by atoms with Crippen molar-refractivity contribution in [3.05, 3.63) is 50.6 Å². The molecule has 0 saturated carbocycles. The lowest BCUT2D eigenvalue weighted by molar-refractivity contribution is 0.562. The van der Waals surface area contributed by atoms with Crippen molar-refractivity contribution in [2.75, 3.05) is 4.90 Å². The number of benzene rings is 1. The van der Waals surface area contributed by atoms with E-state index in [1.807, 2.05) is 11.3 Å². The minimum atomic E-state index is 0.626. The third-order valence-corrected chi connectivity index (χ3v) is 5.23. The second-order valence-corrected chi connectivity index (χ2v) is 7.40. The van der Waals surface area contributed by atoms with E-state index in [4.69, 9.17) is 0 Å². The molecular formula is C15H16BrNS. The number of aryl methyl sites for hydroxylation is 1. The van der Waals surface area contributed by atoms with Gasteiger partial charge in [0, 0.05) is 16.6 Å². The summed E-state index contributed by atoms with van der Waals surface area (Å²) in [5.41, 5.74) is 2.91. The van der Waals surface area contributed by atoms with E-state index >= 15 is 0 Å². The van der Waals surface area contributed by atoms with Gasteiger partial charge in [0.15, 0.2) is 0 Å². The number of para-hydroxylation sites is 1. The number of nitrogens with zero attached hydrogens (tertiary/aromatic N) is 1. The standard InChI is InChI=1S/C15H16BrNS/c1-11-6-7-12-4-2-3-5-14(12)17(11)10-13-8-9-15(16)18-13/h2-5,8-9,11H,6-7,10H2,1H3. The molecule has 2 heterocycles. The first-order chi connectivity index (χ1) is 8.74. The summed E-state index contributed by atoms with van der Waals surface area (Å²) < 4.78 is 1.22. The summed E-state index contributed by atoms with van der Waals surface area (Å²) in [5, 5.41) is 0. The van der Waals surface area contributed by atoms with Crippen molar-refractivity contribution in [2.24, 2.45) is 0 Å². The molecule has 0 radical (unpaired) electrons. The molecule has 94 valence electrons. The molecule has 1 atom stereocenters. The first kappa shape index (κ1) is 12.2. The highest BCUT2D eigenvalue weighted by Gasteiger charge is 2.22. The Hall–Kier alpha value is -0.800. The van der Waals surface area contributed by atoms with E-state index in [1.165, 1.54) is 32.8 Å². The molecular weight excluding hydrogens is 306 g/mol. The number of anilines is 1. The Balaban J connectivity index is 1.91. The predicted molar refractivity (Wildman–Crippen MR) is 82.4 cm³/mol. The van der Waals surface area contributed by atoms with E-state index in [-0.39, 0.29) is 0 Å². The third-order valence-electron chi connectivity index (χ3n) is 3.62. The molecule has 0 aliphatic carbocycles. The van der Waals surface area contributed by atoms with Crippen LogP contribution in [0.15, 0.2) is 40.2 Å². The SMILES string of the molecule is CC1CCc2ccccc2N1Cc1ccc(Br)s1. The fourth-order valence-corrected chi connectivity index (χ4v) is 4.09. The molecule has 0 saturated heterocycles. The Morgan fingerprint density at radius 3 is 2.89 bits per heavy atom. The van der Waals surface area contributed by atoms with Gasteiger partial charge in [-0.25, -0.2) is 0 Å². The second kappa shape index (κ2) is 5.06. The lowest BCUT2D eigenvalue weighted by Crippen LogP contribution is -2.36. The number of halogens is 1. The monoisotopic (exact) mass is 321 g/mol. The molecule has 0 amide bonds. The lowest BCUT2D eigenvalue weighted by atomic mass is 9.96. The summed E-state index contributed by atoms with van der Waals surface area (Å²) in [7, 11) is 0. The molecule has 1 aliphatic rings. The Labute approximate surface area is 121 Å². The second-order valence-electron chi connectivity index (χ2n) is 4.85. The molecule has 3 rings (SSSR count). The third kappa shape index (κ3) is 2.34. The highest BCUT2D eigenvalue weighted by atomic mass is 79.9. The predicted octanol–water partition coefficient (Wildman–Crippen LogP) is 4.85. The summed E-state index contributed by atoms with van der Waals surface area (Å²) in [6.45, 7) is 3.35. The van der Waals surface area contributed by atoms with Gasteiger partial charge in [0.1, 0.15) is 0 Å². The first-order valence-corrected chi connectivity index (χ1v) is 7.94. The Bertz CT molecular complexity index is 549. The zero-order valence-electron chi connectivity index (χ0n) is 10.4. The maximum absolute atomic E-state index is 3.54. The minimum absolute atomic E-state index is 0.626. The van der Waals surface area contributed by atoms with Crippen LogP contribution in [0.2, 0.25) is 0 Å². The molecule has 3 heteroatoms. The quantitative estimate of drug-likeness (QED) is 0.764. The molecule has 0 N–H and O–H groups in total. The average Bonchev–Trinajstić information content (AvgIpc) is 2.79. The molecule has 1 aromatic heterocycles. The van der Waals surface area contributed by atoms with Crippen molar-refractivity contribution in [1.82, 2.24) is 0 Å². The van der Waals surface area contributed by atoms with Gasteiger partial charge in [0.25, 0.3) is 0 Å². The smallest absolute Gasteiger partial charge is 0.0702 e. The molecule has 2 aromatic rings. The van der Waals surface area contributed by atoms with E-state index in [1.54, 1.807) is 0 Å². The Morgan fingerprint density at radius 1 is 1.28 bits per heavy atom. The van der Waals surface area contributed by atoms with Gasteiger partial charge < -0.3 is 4.90 Å². The summed E-state index contributed by atoms with van der Waals surface area (Å²) in [6, 6.07) is 13.8. The number of thiophene rings is 1. The largest absolute Gasteiger partial charge is 0.363 e. The summed E-state index contributed by atoms with van der Waals surface area (Å²) in [5.74, 6) is 0. The van der Waals surface area contributed by atoms with Gasteiger partial charge in [0.05, 0.1) is 10.3 Å². The molecule has 0 bridgehead atoms. The van der Waals surface area contributed by atoms with E-state index in [0.717, 1.165) is 6.54 Å². The molecule has 0 spiro atoms. The van der Waals surface area contributed by atoms with Crippen LogP contribution in [0.3, 0.4) is 0 Å². The van der Waals surface area contributed by atoms with Gasteiger partial charge in [0.2, 0.25) is 0 Å². The van der Waals surface area contributed by atoms with Crippen LogP contribution in [0.4, 0.5) is 5.69 Å². The highest BCUT2D eigenvalue weighted by Crippen LogP contribution is 2.33. The molecule has 1 aliphatic heterocycles. The Morgan fingerprint density at radius 2 is 2.11 bits per heavy atom. The summed E-state index contributed by atoms with van der Waals surface area (Å²) in [4.78, 5) is 3.96. The van der Waals surface area contributed by atoms with Crippen LogP contribution in [0, 0.1) is 0 Å². The van der Waals surface area contributed by atoms with Crippen molar-refractivity contribution >= 4 is 33.0 Å². The molecule has 0 fully saturated rings. The lowest BCUT2D eigenvalue weighted by Gasteiger charge is -2.36. The number of rotatable bonds is 2. The van der Waals surface area contributed by atoms with Gasteiger partial charge >= 0.3 is 0 Å². The fraction of sp³-hybridized carbons (Fsp3) is 0.333. The maximum Gasteiger partial charge on any atom is 0.0702 e. The highest BCUT2D eigenvalue weighted by molar-refractivity contribution is 9.11. The number of hydrogen-bond acceptors (Lipinski definition) is 2. The van der Waals surface area contributed by atoms with Crippen LogP contribution >= 0.6 is 27.3 Å². The van der Waals surface area contributed by atoms with Gasteiger partial charge in [-0.15, -0.1) is 11.3 Å². The van der Waals surface area contributed by atoms with Crippen molar-refractivity contribution < 1.29 is 0 Å². The van der Waals surface area contributed by atoms with Gasteiger partial charge in [-0.05, 0) is 59.5 Å². The van der Waals surface area contributed by atoms with Gasteiger partial charge in [-0.2, -0.15) is 0 Å². The fourth-order valence-electron chi connectivity index (χ4n) is 2.61. The first-order valence-electron chi connectivity index (χ1n) is 6.33. The van der Waals surface area contributed by atoms with Crippen molar-refractivity contribution in [3.63, 3.8) is 0 Å². The van der Waals surface area contributed by atoms with Gasteiger partial charge in [-0.1, -0.05) is 18.2 Å². The van der Waals surface area contributed by atoms with Crippen molar-refractivity contribution in [3.8, 4) is 0 Å². The van der Waals surface area contributed by atoms with Gasteiger partial charge in [-0.3, -0.25) is 0 Å². The molecule has 1 aromatic carbocycles. The van der Waals surface area contributed by atoms with Crippen LogP contribution in [-0.4, -0.2) is 6.04 Å². The molecule has 18 heavy (non-hydrogen) atoms. The van der Waals surface area contributed by atoms with E-state index in [2.05, 4.69) is 64.2 Å². The van der Waals surface area contributed by atoms with Crippen LogP contribution in [0.5, 0.6) is 0 Å². The van der Waals surface area contributed by atoms with Crippen LogP contribution in [-0.2, 0) is 13.0 Å². The van der Waals surface area contributed by atoms with Crippen molar-refractivity contribution in [1.29, 1.82) is 0 Å². The Kier molecular flexibility index (Phi) is 3.44. The van der Waals surface area contributed by atoms with Crippen LogP contribution in [0.1, 0.15) is 23.8 Å². The number of fused-ring (bicyclic) bond motifs is 1. The topological polar surface area (TPSA) is 3.24 Å². The summed E-state index contributed by atoms with van der Waals surface area (Å²) in [6.07, 6.45) is 2.46. The van der Waals surface area contributed by atoms with E-state index in [0.29, 0.717) is 6.04 Å². The normalized spacial score (nSPS) is 18.8. The van der Waals surface area contributed by atoms with Crippen LogP contribution < -0.4 is 4.90 Å². The van der Waals surface area contributed by atoms with Crippen molar-refractivity contribution in [2.45, 2.75) is 32.4 Å².